The number of nitrogens with zero attached hydrogens (tertiary/aromatic N) is 3. The zero-order chi connectivity index (χ0) is 29.3. The molecule has 2 aromatic carbocycles. The van der Waals surface area contributed by atoms with Crippen LogP contribution in [0.1, 0.15) is 35.3 Å². The second-order valence-corrected chi connectivity index (χ2v) is 9.50. The van der Waals surface area contributed by atoms with E-state index in [-0.39, 0.29) is 18.4 Å². The minimum atomic E-state index is -0.0778. The maximum absolute atomic E-state index is 12.3. The van der Waals surface area contributed by atoms with Crippen molar-refractivity contribution in [3.8, 4) is 0 Å². The standard InChI is InChI=1S/C29H40N8O4/c1-21(2)33-28-35-27(32-13-11-22-3-5-24(20-38)6-4-22)36-29(37-28)34-25-9-7-23(8-10-25)19-26(39)31-14-16-41-18-17-40-15-12-30/h3-10,20-21H,11-19,30H2,1-2H3,(H,31,39)(H3,32,33,34,35,36,37). The average molecular weight is 565 g/mol. The lowest BCUT2D eigenvalue weighted by atomic mass is 10.1. The Morgan fingerprint density at radius 2 is 1.51 bits per heavy atom. The number of nitrogens with two attached hydrogens (primary N) is 1. The second-order valence-electron chi connectivity index (χ2n) is 9.50. The van der Waals surface area contributed by atoms with Crippen molar-refractivity contribution in [1.82, 2.24) is 20.3 Å². The molecule has 12 nitrogen and oxygen atoms in total. The number of hydrogen-bond acceptors (Lipinski definition) is 11. The highest BCUT2D eigenvalue weighted by atomic mass is 16.5. The number of nitrogens with one attached hydrogen (secondary N) is 4. The van der Waals surface area contributed by atoms with Gasteiger partial charge in [0.15, 0.2) is 0 Å². The largest absolute Gasteiger partial charge is 0.378 e. The first-order chi connectivity index (χ1) is 19.9. The molecule has 1 heterocycles. The predicted octanol–water partition coefficient (Wildman–Crippen LogP) is 2.55. The molecule has 3 rings (SSSR count). The summed E-state index contributed by atoms with van der Waals surface area (Å²) in [7, 11) is 0. The molecule has 0 bridgehead atoms. The fraction of sp³-hybridized carbons (Fsp3) is 0.414. The van der Waals surface area contributed by atoms with Crippen LogP contribution in [0.25, 0.3) is 0 Å². The fourth-order valence-electron chi connectivity index (χ4n) is 3.67. The first-order valence-corrected chi connectivity index (χ1v) is 13.7. The van der Waals surface area contributed by atoms with E-state index in [9.17, 15) is 9.59 Å². The summed E-state index contributed by atoms with van der Waals surface area (Å²) >= 11 is 0. The molecule has 0 unspecified atom stereocenters. The van der Waals surface area contributed by atoms with Crippen LogP contribution in [0.3, 0.4) is 0 Å². The van der Waals surface area contributed by atoms with E-state index in [0.29, 0.717) is 69.5 Å². The van der Waals surface area contributed by atoms with E-state index in [0.717, 1.165) is 29.5 Å². The summed E-state index contributed by atoms with van der Waals surface area (Å²) in [6.45, 7) is 7.44. The first kappa shape index (κ1) is 31.4. The number of aldehydes is 1. The van der Waals surface area contributed by atoms with Crippen LogP contribution in [-0.4, -0.2) is 79.2 Å². The monoisotopic (exact) mass is 564 g/mol. The van der Waals surface area contributed by atoms with Gasteiger partial charge in [0.2, 0.25) is 23.8 Å². The summed E-state index contributed by atoms with van der Waals surface area (Å²) in [5, 5.41) is 12.5. The summed E-state index contributed by atoms with van der Waals surface area (Å²) in [5.74, 6) is 1.21. The van der Waals surface area contributed by atoms with Gasteiger partial charge in [-0.1, -0.05) is 36.4 Å². The van der Waals surface area contributed by atoms with E-state index in [1.54, 1.807) is 12.1 Å². The highest BCUT2D eigenvalue weighted by Crippen LogP contribution is 2.17. The molecule has 0 atom stereocenters. The van der Waals surface area contributed by atoms with Gasteiger partial charge < -0.3 is 36.5 Å². The summed E-state index contributed by atoms with van der Waals surface area (Å²) in [4.78, 5) is 36.6. The molecule has 0 aliphatic heterocycles. The molecule has 0 aliphatic rings. The molecular formula is C29H40N8O4. The Hall–Kier alpha value is -4.13. The smallest absolute Gasteiger partial charge is 0.233 e. The quantitative estimate of drug-likeness (QED) is 0.107. The lowest BCUT2D eigenvalue weighted by molar-refractivity contribution is -0.120. The SMILES string of the molecule is CC(C)Nc1nc(NCCc2ccc(C=O)cc2)nc(Nc2ccc(CC(=O)NCCOCCOCCN)cc2)n1. The maximum Gasteiger partial charge on any atom is 0.233 e. The summed E-state index contributed by atoms with van der Waals surface area (Å²) < 4.78 is 10.6. The van der Waals surface area contributed by atoms with Gasteiger partial charge in [0.05, 0.1) is 32.8 Å². The van der Waals surface area contributed by atoms with Gasteiger partial charge in [0, 0.05) is 36.9 Å². The van der Waals surface area contributed by atoms with Crippen molar-refractivity contribution in [2.75, 3.05) is 62.0 Å². The first-order valence-electron chi connectivity index (χ1n) is 13.7. The Balaban J connectivity index is 1.49. The molecule has 6 N–H and O–H groups in total. The molecule has 1 amide bonds. The van der Waals surface area contributed by atoms with Crippen LogP contribution in [0, 0.1) is 0 Å². The molecular weight excluding hydrogens is 524 g/mol. The molecule has 41 heavy (non-hydrogen) atoms. The minimum absolute atomic E-state index is 0.0778. The fourth-order valence-corrected chi connectivity index (χ4v) is 3.67. The third-order valence-corrected chi connectivity index (χ3v) is 5.64. The van der Waals surface area contributed by atoms with Crippen LogP contribution >= 0.6 is 0 Å². The number of benzene rings is 2. The van der Waals surface area contributed by atoms with Gasteiger partial charge in [-0.15, -0.1) is 0 Å². The normalized spacial score (nSPS) is 10.8. The number of rotatable bonds is 19. The second kappa shape index (κ2) is 17.5. The van der Waals surface area contributed by atoms with E-state index >= 15 is 0 Å². The van der Waals surface area contributed by atoms with Crippen molar-refractivity contribution >= 4 is 35.7 Å². The third kappa shape index (κ3) is 12.3. The van der Waals surface area contributed by atoms with Crippen molar-refractivity contribution in [2.45, 2.75) is 32.7 Å². The Morgan fingerprint density at radius 3 is 2.20 bits per heavy atom. The Morgan fingerprint density at radius 1 is 0.854 bits per heavy atom. The highest BCUT2D eigenvalue weighted by Gasteiger charge is 2.09. The topological polar surface area (TPSA) is 165 Å². The van der Waals surface area contributed by atoms with E-state index < -0.39 is 0 Å². The number of ether oxygens (including phenoxy) is 2. The zero-order valence-corrected chi connectivity index (χ0v) is 23.7. The molecule has 0 fully saturated rings. The van der Waals surface area contributed by atoms with Gasteiger partial charge in [-0.25, -0.2) is 0 Å². The number of amides is 1. The van der Waals surface area contributed by atoms with E-state index in [2.05, 4.69) is 36.2 Å². The molecule has 0 radical (unpaired) electrons. The van der Waals surface area contributed by atoms with Crippen LogP contribution in [0.4, 0.5) is 23.5 Å². The van der Waals surface area contributed by atoms with Crippen LogP contribution in [0.5, 0.6) is 0 Å². The van der Waals surface area contributed by atoms with Crippen LogP contribution in [-0.2, 0) is 27.1 Å². The van der Waals surface area contributed by atoms with Gasteiger partial charge in [-0.3, -0.25) is 9.59 Å². The molecule has 220 valence electrons. The molecule has 0 saturated carbocycles. The van der Waals surface area contributed by atoms with Crippen molar-refractivity contribution in [1.29, 1.82) is 0 Å². The summed E-state index contributed by atoms with van der Waals surface area (Å²) in [6, 6.07) is 15.1. The lowest BCUT2D eigenvalue weighted by Gasteiger charge is -2.13. The summed E-state index contributed by atoms with van der Waals surface area (Å²) in [5.41, 5.74) is 8.77. The van der Waals surface area contributed by atoms with Crippen molar-refractivity contribution in [3.05, 3.63) is 65.2 Å². The lowest BCUT2D eigenvalue weighted by Crippen LogP contribution is -2.29. The number of hydrogen-bond donors (Lipinski definition) is 5. The summed E-state index contributed by atoms with van der Waals surface area (Å²) in [6.07, 6.45) is 1.84. The van der Waals surface area contributed by atoms with Gasteiger partial charge in [0.1, 0.15) is 6.29 Å². The van der Waals surface area contributed by atoms with Crippen molar-refractivity contribution < 1.29 is 19.1 Å². The van der Waals surface area contributed by atoms with Crippen LogP contribution in [0.15, 0.2) is 48.5 Å². The Labute approximate surface area is 240 Å². The van der Waals surface area contributed by atoms with E-state index in [4.69, 9.17) is 15.2 Å². The molecule has 0 aliphatic carbocycles. The maximum atomic E-state index is 12.3. The number of aromatic nitrogens is 3. The number of carbonyl (C=O) groups excluding carboxylic acids is 2. The van der Waals surface area contributed by atoms with Gasteiger partial charge >= 0.3 is 0 Å². The molecule has 0 spiro atoms. The van der Waals surface area contributed by atoms with Crippen molar-refractivity contribution in [2.24, 2.45) is 5.73 Å². The van der Waals surface area contributed by atoms with Crippen LogP contribution in [0.2, 0.25) is 0 Å². The van der Waals surface area contributed by atoms with E-state index in [1.807, 2.05) is 50.2 Å². The molecule has 0 saturated heterocycles. The molecule has 3 aromatic rings. The number of anilines is 4. The van der Waals surface area contributed by atoms with Crippen LogP contribution < -0.4 is 27.0 Å². The predicted molar refractivity (Wildman–Crippen MR) is 160 cm³/mol. The Kier molecular flexibility index (Phi) is 13.4. The van der Waals surface area contributed by atoms with E-state index in [1.165, 1.54) is 0 Å². The Bertz CT molecular complexity index is 1210. The third-order valence-electron chi connectivity index (χ3n) is 5.64. The average Bonchev–Trinajstić information content (AvgIpc) is 2.95. The number of carbonyl (C=O) groups is 2. The van der Waals surface area contributed by atoms with Gasteiger partial charge in [-0.05, 0) is 43.5 Å². The van der Waals surface area contributed by atoms with Gasteiger partial charge in [0.25, 0.3) is 0 Å². The highest BCUT2D eigenvalue weighted by molar-refractivity contribution is 5.78. The minimum Gasteiger partial charge on any atom is -0.378 e. The zero-order valence-electron chi connectivity index (χ0n) is 23.7. The molecule has 1 aromatic heterocycles. The molecule has 12 heteroatoms. The van der Waals surface area contributed by atoms with Gasteiger partial charge in [-0.2, -0.15) is 15.0 Å². The van der Waals surface area contributed by atoms with Crippen molar-refractivity contribution in [3.63, 3.8) is 0 Å².